The third-order valence-electron chi connectivity index (χ3n) is 4.26. The molecule has 1 aliphatic heterocycles. The van der Waals surface area contributed by atoms with E-state index in [-0.39, 0.29) is 17.7 Å². The van der Waals surface area contributed by atoms with Crippen LogP contribution >= 0.6 is 11.8 Å². The van der Waals surface area contributed by atoms with Crippen molar-refractivity contribution < 1.29 is 9.59 Å². The summed E-state index contributed by atoms with van der Waals surface area (Å²) in [7, 11) is 0. The number of hydrogen-bond acceptors (Lipinski definition) is 5. The molecule has 6 nitrogen and oxygen atoms in total. The zero-order valence-corrected chi connectivity index (χ0v) is 15.5. The molecule has 2 amide bonds. The zero-order valence-electron chi connectivity index (χ0n) is 14.7. The van der Waals surface area contributed by atoms with Gasteiger partial charge in [0.2, 0.25) is 5.91 Å². The Hall–Kier alpha value is -2.67. The van der Waals surface area contributed by atoms with Crippen molar-refractivity contribution in [1.82, 2.24) is 10.4 Å². The van der Waals surface area contributed by atoms with Gasteiger partial charge in [0.15, 0.2) is 0 Å². The molecule has 0 bridgehead atoms. The van der Waals surface area contributed by atoms with Crippen molar-refractivity contribution in [1.29, 1.82) is 0 Å². The van der Waals surface area contributed by atoms with Gasteiger partial charge < -0.3 is 5.32 Å². The smallest absolute Gasteiger partial charge is 0.258 e. The Kier molecular flexibility index (Phi) is 5.68. The van der Waals surface area contributed by atoms with Gasteiger partial charge in [0.05, 0.1) is 11.3 Å². The number of aromatic nitrogens is 1. The van der Waals surface area contributed by atoms with Gasteiger partial charge in [0, 0.05) is 24.2 Å². The minimum Gasteiger partial charge on any atom is -0.322 e. The van der Waals surface area contributed by atoms with Gasteiger partial charge in [-0.05, 0) is 42.5 Å². The lowest BCUT2D eigenvalue weighted by atomic mass is 9.90. The lowest BCUT2D eigenvalue weighted by molar-refractivity contribution is -0.122. The van der Waals surface area contributed by atoms with E-state index in [2.05, 4.69) is 20.8 Å². The minimum absolute atomic E-state index is 0.0504. The fourth-order valence-electron chi connectivity index (χ4n) is 2.87. The van der Waals surface area contributed by atoms with Crippen LogP contribution in [0.25, 0.3) is 0 Å². The van der Waals surface area contributed by atoms with Gasteiger partial charge in [0.1, 0.15) is 5.03 Å². The number of pyridine rings is 1. The lowest BCUT2D eigenvalue weighted by Crippen LogP contribution is -2.33. The molecule has 0 saturated heterocycles. The maximum Gasteiger partial charge on any atom is 0.258 e. The minimum atomic E-state index is -0.191. The van der Waals surface area contributed by atoms with Crippen LogP contribution < -0.4 is 10.7 Å². The molecule has 134 valence electrons. The average Bonchev–Trinajstić information content (AvgIpc) is 2.68. The molecule has 3 rings (SSSR count). The molecule has 1 aromatic heterocycles. The number of benzene rings is 1. The van der Waals surface area contributed by atoms with Crippen LogP contribution in [0.1, 0.15) is 35.7 Å². The maximum atomic E-state index is 12.5. The van der Waals surface area contributed by atoms with Gasteiger partial charge in [0.25, 0.3) is 5.91 Å². The van der Waals surface area contributed by atoms with E-state index in [1.807, 2.05) is 37.4 Å². The predicted molar refractivity (Wildman–Crippen MR) is 103 cm³/mol. The number of rotatable bonds is 5. The van der Waals surface area contributed by atoms with Gasteiger partial charge in [-0.1, -0.05) is 19.1 Å². The molecule has 0 spiro atoms. The van der Waals surface area contributed by atoms with E-state index in [9.17, 15) is 9.59 Å². The van der Waals surface area contributed by atoms with Crippen LogP contribution in [0.4, 0.5) is 5.69 Å². The Morgan fingerprint density at radius 1 is 1.31 bits per heavy atom. The van der Waals surface area contributed by atoms with E-state index in [4.69, 9.17) is 0 Å². The Labute approximate surface area is 156 Å². The molecule has 1 unspecified atom stereocenters. The molecule has 0 aliphatic carbocycles. The molecule has 26 heavy (non-hydrogen) atoms. The Bertz CT molecular complexity index is 849. The highest BCUT2D eigenvalue weighted by molar-refractivity contribution is 7.98. The van der Waals surface area contributed by atoms with E-state index >= 15 is 0 Å². The molecule has 0 fully saturated rings. The second-order valence-corrected chi connectivity index (χ2v) is 6.73. The fraction of sp³-hybridized carbons (Fsp3) is 0.263. The van der Waals surface area contributed by atoms with Crippen molar-refractivity contribution >= 4 is 35.0 Å². The summed E-state index contributed by atoms with van der Waals surface area (Å²) in [5.74, 6) is -0.127. The second-order valence-electron chi connectivity index (χ2n) is 5.93. The van der Waals surface area contributed by atoms with Gasteiger partial charge in [-0.2, -0.15) is 5.10 Å². The second kappa shape index (κ2) is 8.14. The number of hydrogen-bond donors (Lipinski definition) is 2. The van der Waals surface area contributed by atoms with E-state index in [0.29, 0.717) is 22.7 Å². The first-order valence-corrected chi connectivity index (χ1v) is 9.62. The van der Waals surface area contributed by atoms with Crippen molar-refractivity contribution in [2.75, 3.05) is 11.6 Å². The first-order chi connectivity index (χ1) is 12.6. The van der Waals surface area contributed by atoms with Crippen LogP contribution in [0.5, 0.6) is 0 Å². The van der Waals surface area contributed by atoms with Crippen LogP contribution in [0, 0.1) is 5.92 Å². The number of nitrogens with one attached hydrogen (secondary N) is 2. The highest BCUT2D eigenvalue weighted by atomic mass is 32.2. The quantitative estimate of drug-likeness (QED) is 0.793. The third-order valence-corrected chi connectivity index (χ3v) is 4.97. The largest absolute Gasteiger partial charge is 0.322 e. The molecular weight excluding hydrogens is 348 g/mol. The van der Waals surface area contributed by atoms with Crippen molar-refractivity contribution in [3.63, 3.8) is 0 Å². The van der Waals surface area contributed by atoms with E-state index < -0.39 is 0 Å². The molecule has 7 heteroatoms. The molecule has 0 saturated carbocycles. The van der Waals surface area contributed by atoms with E-state index in [0.717, 1.165) is 17.7 Å². The van der Waals surface area contributed by atoms with Gasteiger partial charge >= 0.3 is 0 Å². The van der Waals surface area contributed by atoms with Crippen LogP contribution in [0.2, 0.25) is 0 Å². The number of thioether (sulfide) groups is 1. The van der Waals surface area contributed by atoms with Gasteiger partial charge in [-0.3, -0.25) is 9.59 Å². The molecule has 2 heterocycles. The van der Waals surface area contributed by atoms with Crippen molar-refractivity contribution in [3.05, 3.63) is 53.7 Å². The summed E-state index contributed by atoms with van der Waals surface area (Å²) in [6.45, 7) is 2.05. The Morgan fingerprint density at radius 3 is 2.77 bits per heavy atom. The lowest BCUT2D eigenvalue weighted by Gasteiger charge is -2.21. The standard InChI is InChI=1S/C19H20N4O2S/c1-3-12-11-16(24)22-23-17(12)13-6-8-14(9-7-13)21-18(25)15-5-4-10-20-19(15)26-2/h4-10,12H,3,11H2,1-2H3,(H,21,25)(H,22,24). The van der Waals surface area contributed by atoms with Crippen LogP contribution in [-0.4, -0.2) is 28.8 Å². The summed E-state index contributed by atoms with van der Waals surface area (Å²) in [6.07, 6.45) is 4.86. The van der Waals surface area contributed by atoms with Gasteiger partial charge in [-0.15, -0.1) is 11.8 Å². The van der Waals surface area contributed by atoms with E-state index in [1.54, 1.807) is 18.3 Å². The summed E-state index contributed by atoms with van der Waals surface area (Å²) in [5, 5.41) is 7.80. The summed E-state index contributed by atoms with van der Waals surface area (Å²) in [4.78, 5) is 28.2. The summed E-state index contributed by atoms with van der Waals surface area (Å²) in [5.41, 5.74) is 5.62. The molecule has 2 N–H and O–H groups in total. The van der Waals surface area contributed by atoms with Crippen molar-refractivity contribution in [2.24, 2.45) is 11.0 Å². The number of anilines is 1. The van der Waals surface area contributed by atoms with Crippen LogP contribution in [0.3, 0.4) is 0 Å². The molecular formula is C19H20N4O2S. The number of amides is 2. The van der Waals surface area contributed by atoms with Crippen LogP contribution in [-0.2, 0) is 4.79 Å². The average molecular weight is 368 g/mol. The first kappa shape index (κ1) is 18.1. The number of hydrazone groups is 1. The highest BCUT2D eigenvalue weighted by Crippen LogP contribution is 2.22. The molecule has 2 aromatic rings. The summed E-state index contributed by atoms with van der Waals surface area (Å²) < 4.78 is 0. The van der Waals surface area contributed by atoms with Crippen molar-refractivity contribution in [2.45, 2.75) is 24.8 Å². The SMILES string of the molecule is CCC1CC(=O)NN=C1c1ccc(NC(=O)c2cccnc2SC)cc1. The van der Waals surface area contributed by atoms with Crippen molar-refractivity contribution in [3.8, 4) is 0 Å². The topological polar surface area (TPSA) is 83.5 Å². The maximum absolute atomic E-state index is 12.5. The third kappa shape index (κ3) is 3.94. The molecule has 1 atom stereocenters. The van der Waals surface area contributed by atoms with E-state index in [1.165, 1.54) is 11.8 Å². The fourth-order valence-corrected chi connectivity index (χ4v) is 3.41. The predicted octanol–water partition coefficient (Wildman–Crippen LogP) is 3.31. The normalized spacial score (nSPS) is 16.6. The van der Waals surface area contributed by atoms with Crippen LogP contribution in [0.15, 0.2) is 52.7 Å². The Balaban J connectivity index is 1.76. The highest BCUT2D eigenvalue weighted by Gasteiger charge is 2.24. The molecule has 1 aromatic carbocycles. The molecule has 0 radical (unpaired) electrons. The first-order valence-electron chi connectivity index (χ1n) is 8.39. The molecule has 1 aliphatic rings. The number of carbonyl (C=O) groups is 2. The number of nitrogens with zero attached hydrogens (tertiary/aromatic N) is 2. The summed E-state index contributed by atoms with van der Waals surface area (Å²) >= 11 is 1.44. The number of carbonyl (C=O) groups excluding carboxylic acids is 2. The van der Waals surface area contributed by atoms with Gasteiger partial charge in [-0.25, -0.2) is 10.4 Å². The summed E-state index contributed by atoms with van der Waals surface area (Å²) in [6, 6.07) is 11.0. The Morgan fingerprint density at radius 2 is 2.08 bits per heavy atom. The zero-order chi connectivity index (χ0) is 18.5. The monoisotopic (exact) mass is 368 g/mol.